The second kappa shape index (κ2) is 9.83. The van der Waals surface area contributed by atoms with E-state index in [0.717, 1.165) is 30.5 Å². The second-order valence-electron chi connectivity index (χ2n) is 8.41. The molecule has 32 heavy (non-hydrogen) atoms. The summed E-state index contributed by atoms with van der Waals surface area (Å²) in [5.41, 5.74) is 8.58. The fourth-order valence-electron chi connectivity index (χ4n) is 4.38. The van der Waals surface area contributed by atoms with Crippen molar-refractivity contribution in [2.75, 3.05) is 20.2 Å². The van der Waals surface area contributed by atoms with Crippen molar-refractivity contribution in [3.8, 4) is 22.9 Å². The SMILES string of the molecule is COc1cc(-c2cnn(C3CCN(C=O)C3)c2)cn2ncc(C#N)c12.NC1CCCCC1. The van der Waals surface area contributed by atoms with E-state index in [1.54, 1.807) is 22.7 Å². The Morgan fingerprint density at radius 3 is 2.59 bits per heavy atom. The molecule has 4 heterocycles. The van der Waals surface area contributed by atoms with Crippen molar-refractivity contribution >= 4 is 11.9 Å². The van der Waals surface area contributed by atoms with E-state index < -0.39 is 0 Å². The maximum atomic E-state index is 10.9. The molecule has 0 bridgehead atoms. The summed E-state index contributed by atoms with van der Waals surface area (Å²) in [5.74, 6) is 0.590. The summed E-state index contributed by atoms with van der Waals surface area (Å²) < 4.78 is 8.99. The van der Waals surface area contributed by atoms with Crippen LogP contribution in [0.25, 0.3) is 16.6 Å². The molecule has 1 amide bonds. The first-order valence-electron chi connectivity index (χ1n) is 11.1. The zero-order valence-corrected chi connectivity index (χ0v) is 18.4. The Labute approximate surface area is 187 Å². The Hall–Kier alpha value is -3.38. The van der Waals surface area contributed by atoms with E-state index in [1.807, 2.05) is 23.1 Å². The van der Waals surface area contributed by atoms with Crippen molar-refractivity contribution < 1.29 is 9.53 Å². The number of pyridine rings is 1. The number of carbonyl (C=O) groups is 1. The predicted octanol–water partition coefficient (Wildman–Crippen LogP) is 2.76. The standard InChI is InChI=1S/C17H16N6O2.C6H13N/c1-25-16-4-12(8-23-17(16)13(5-18)6-20-23)14-7-19-22(9-14)15-2-3-21(10-15)11-24;7-6-4-2-1-3-5-6/h4,6-9,11,15H,2-3,10H2,1H3;6H,1-5,7H2. The van der Waals surface area contributed by atoms with Gasteiger partial charge in [-0.1, -0.05) is 19.3 Å². The average Bonchev–Trinajstić information content (AvgIpc) is 3.58. The van der Waals surface area contributed by atoms with Gasteiger partial charge >= 0.3 is 0 Å². The fourth-order valence-corrected chi connectivity index (χ4v) is 4.38. The van der Waals surface area contributed by atoms with Gasteiger partial charge < -0.3 is 15.4 Å². The number of carbonyl (C=O) groups excluding carboxylic acids is 1. The van der Waals surface area contributed by atoms with Crippen LogP contribution < -0.4 is 10.5 Å². The first kappa shape index (κ1) is 21.8. The number of aromatic nitrogens is 4. The summed E-state index contributed by atoms with van der Waals surface area (Å²) in [4.78, 5) is 12.6. The van der Waals surface area contributed by atoms with Crippen LogP contribution in [-0.4, -0.2) is 56.9 Å². The third-order valence-electron chi connectivity index (χ3n) is 6.22. The van der Waals surface area contributed by atoms with Gasteiger partial charge in [0.1, 0.15) is 22.9 Å². The van der Waals surface area contributed by atoms with Crippen molar-refractivity contribution in [1.82, 2.24) is 24.3 Å². The minimum Gasteiger partial charge on any atom is -0.494 e. The number of ether oxygens (including phenoxy) is 1. The van der Waals surface area contributed by atoms with Crippen LogP contribution >= 0.6 is 0 Å². The smallest absolute Gasteiger partial charge is 0.209 e. The Bertz CT molecular complexity index is 1110. The first-order chi connectivity index (χ1) is 15.6. The molecule has 0 radical (unpaired) electrons. The Morgan fingerprint density at radius 2 is 1.97 bits per heavy atom. The highest BCUT2D eigenvalue weighted by Crippen LogP contribution is 2.30. The van der Waals surface area contributed by atoms with E-state index >= 15 is 0 Å². The molecule has 1 saturated heterocycles. The Morgan fingerprint density at radius 1 is 1.16 bits per heavy atom. The minimum atomic E-state index is 0.194. The van der Waals surface area contributed by atoms with E-state index in [9.17, 15) is 10.1 Å². The van der Waals surface area contributed by atoms with Crippen LogP contribution in [0.3, 0.4) is 0 Å². The quantitative estimate of drug-likeness (QED) is 0.630. The number of likely N-dealkylation sites (tertiary alicyclic amines) is 1. The molecule has 2 N–H and O–H groups in total. The Balaban J connectivity index is 0.000000300. The molecule has 0 aromatic carbocycles. The summed E-state index contributed by atoms with van der Waals surface area (Å²) in [6.07, 6.45) is 15.6. The number of nitrogens with two attached hydrogens (primary N) is 1. The van der Waals surface area contributed by atoms with Crippen LogP contribution in [0.4, 0.5) is 0 Å². The van der Waals surface area contributed by atoms with E-state index in [0.29, 0.717) is 29.4 Å². The number of hydrogen-bond acceptors (Lipinski definition) is 6. The molecule has 1 aliphatic carbocycles. The highest BCUT2D eigenvalue weighted by atomic mass is 16.5. The largest absolute Gasteiger partial charge is 0.494 e. The van der Waals surface area contributed by atoms with Crippen molar-refractivity contribution in [2.45, 2.75) is 50.6 Å². The lowest BCUT2D eigenvalue weighted by atomic mass is 9.97. The summed E-state index contributed by atoms with van der Waals surface area (Å²) in [7, 11) is 1.57. The van der Waals surface area contributed by atoms with Crippen LogP contribution in [0.1, 0.15) is 50.1 Å². The van der Waals surface area contributed by atoms with Crippen LogP contribution in [0, 0.1) is 11.3 Å². The van der Waals surface area contributed by atoms with Crippen molar-refractivity contribution in [1.29, 1.82) is 5.26 Å². The number of hydrogen-bond donors (Lipinski definition) is 1. The number of rotatable bonds is 4. The van der Waals surface area contributed by atoms with Gasteiger partial charge in [-0.3, -0.25) is 9.48 Å². The van der Waals surface area contributed by atoms with E-state index in [4.69, 9.17) is 10.5 Å². The van der Waals surface area contributed by atoms with Crippen LogP contribution in [0.15, 0.2) is 30.9 Å². The third kappa shape index (κ3) is 4.60. The monoisotopic (exact) mass is 435 g/mol. The van der Waals surface area contributed by atoms with Gasteiger partial charge in [0.15, 0.2) is 0 Å². The summed E-state index contributed by atoms with van der Waals surface area (Å²) >= 11 is 0. The van der Waals surface area contributed by atoms with Crippen LogP contribution in [0.5, 0.6) is 5.75 Å². The molecule has 2 fully saturated rings. The Kier molecular flexibility index (Phi) is 6.71. The molecule has 0 spiro atoms. The first-order valence-corrected chi connectivity index (χ1v) is 11.1. The number of nitriles is 1. The van der Waals surface area contributed by atoms with E-state index in [1.165, 1.54) is 38.3 Å². The van der Waals surface area contributed by atoms with E-state index in [2.05, 4.69) is 16.3 Å². The lowest BCUT2D eigenvalue weighted by Gasteiger charge is -2.15. The summed E-state index contributed by atoms with van der Waals surface area (Å²) in [6, 6.07) is 4.73. The topological polar surface area (TPSA) is 114 Å². The molecule has 1 aliphatic heterocycles. The lowest BCUT2D eigenvalue weighted by Crippen LogP contribution is -2.22. The van der Waals surface area contributed by atoms with Crippen LogP contribution in [0.2, 0.25) is 0 Å². The van der Waals surface area contributed by atoms with Crippen LogP contribution in [-0.2, 0) is 4.79 Å². The molecule has 2 aliphatic rings. The maximum Gasteiger partial charge on any atom is 0.209 e. The molecular formula is C23H29N7O2. The third-order valence-corrected chi connectivity index (χ3v) is 6.22. The molecule has 3 aromatic rings. The lowest BCUT2D eigenvalue weighted by molar-refractivity contribution is -0.117. The van der Waals surface area contributed by atoms with Crippen molar-refractivity contribution in [2.24, 2.45) is 5.73 Å². The maximum absolute atomic E-state index is 10.9. The molecule has 1 unspecified atom stereocenters. The molecular weight excluding hydrogens is 406 g/mol. The average molecular weight is 436 g/mol. The molecule has 1 saturated carbocycles. The summed E-state index contributed by atoms with van der Waals surface area (Å²) in [5, 5.41) is 17.9. The number of amides is 1. The van der Waals surface area contributed by atoms with Gasteiger partial charge in [0.05, 0.1) is 25.5 Å². The molecule has 3 aromatic heterocycles. The fraction of sp³-hybridized carbons (Fsp3) is 0.478. The number of fused-ring (bicyclic) bond motifs is 1. The van der Waals surface area contributed by atoms with Gasteiger partial charge in [-0.2, -0.15) is 15.5 Å². The zero-order chi connectivity index (χ0) is 22.5. The molecule has 1 atom stereocenters. The predicted molar refractivity (Wildman–Crippen MR) is 120 cm³/mol. The molecule has 5 rings (SSSR count). The highest BCUT2D eigenvalue weighted by Gasteiger charge is 2.23. The molecule has 9 nitrogen and oxygen atoms in total. The van der Waals surface area contributed by atoms with Gasteiger partial charge in [-0.25, -0.2) is 4.52 Å². The number of nitrogens with zero attached hydrogens (tertiary/aromatic N) is 6. The van der Waals surface area contributed by atoms with Gasteiger partial charge in [0.2, 0.25) is 6.41 Å². The second-order valence-corrected chi connectivity index (χ2v) is 8.41. The van der Waals surface area contributed by atoms with Crippen molar-refractivity contribution in [3.63, 3.8) is 0 Å². The van der Waals surface area contributed by atoms with E-state index in [-0.39, 0.29) is 6.04 Å². The van der Waals surface area contributed by atoms with Gasteiger partial charge in [-0.15, -0.1) is 0 Å². The number of methoxy groups -OCH3 is 1. The van der Waals surface area contributed by atoms with Crippen molar-refractivity contribution in [3.05, 3.63) is 36.4 Å². The summed E-state index contributed by atoms with van der Waals surface area (Å²) in [6.45, 7) is 1.44. The molecule has 9 heteroatoms. The molecule has 168 valence electrons. The highest BCUT2D eigenvalue weighted by molar-refractivity contribution is 5.74. The van der Waals surface area contributed by atoms with Gasteiger partial charge in [-0.05, 0) is 25.3 Å². The minimum absolute atomic E-state index is 0.194. The van der Waals surface area contributed by atoms with Gasteiger partial charge in [0.25, 0.3) is 0 Å². The van der Waals surface area contributed by atoms with Gasteiger partial charge in [0, 0.05) is 42.7 Å². The normalized spacial score (nSPS) is 18.8. The zero-order valence-electron chi connectivity index (χ0n) is 18.4.